The molecular weight excluding hydrogens is 302 g/mol. The molecule has 24 heavy (non-hydrogen) atoms. The van der Waals surface area contributed by atoms with E-state index in [1.165, 1.54) is 12.5 Å². The molecule has 0 aromatic heterocycles. The summed E-state index contributed by atoms with van der Waals surface area (Å²) in [5.74, 6) is 0.481. The van der Waals surface area contributed by atoms with Gasteiger partial charge in [0.15, 0.2) is 5.78 Å². The average molecular weight is 327 g/mol. The number of hydrogen-bond donors (Lipinski definition) is 1. The van der Waals surface area contributed by atoms with E-state index in [9.17, 15) is 9.90 Å². The van der Waals surface area contributed by atoms with Crippen LogP contribution < -0.4 is 4.74 Å². The molecule has 2 rings (SSSR count). The molecule has 1 unspecified atom stereocenters. The molecular formula is C20H25NO3. The maximum absolute atomic E-state index is 11.6. The third-order valence-electron chi connectivity index (χ3n) is 3.86. The van der Waals surface area contributed by atoms with Crippen LogP contribution in [-0.2, 0) is 6.54 Å². The minimum absolute atomic E-state index is 0.0423. The molecule has 0 amide bonds. The molecule has 2 aromatic carbocycles. The summed E-state index contributed by atoms with van der Waals surface area (Å²) in [7, 11) is 0. The van der Waals surface area contributed by atoms with E-state index in [0.717, 1.165) is 13.1 Å². The monoisotopic (exact) mass is 327 g/mol. The van der Waals surface area contributed by atoms with Gasteiger partial charge in [-0.1, -0.05) is 49.4 Å². The Morgan fingerprint density at radius 3 is 2.46 bits per heavy atom. The van der Waals surface area contributed by atoms with Crippen molar-refractivity contribution in [3.63, 3.8) is 0 Å². The van der Waals surface area contributed by atoms with Crippen LogP contribution in [0.1, 0.15) is 29.8 Å². The number of aliphatic hydroxyl groups excluding tert-OH is 1. The molecule has 0 spiro atoms. The highest BCUT2D eigenvalue weighted by molar-refractivity contribution is 5.96. The number of benzene rings is 2. The van der Waals surface area contributed by atoms with Crippen LogP contribution in [0.4, 0.5) is 0 Å². The fourth-order valence-corrected chi connectivity index (χ4v) is 2.57. The number of Topliss-reactive ketones (excluding diaryl/α,β-unsaturated/α-hetero) is 1. The lowest BCUT2D eigenvalue weighted by atomic mass is 10.1. The maximum atomic E-state index is 11.6. The highest BCUT2D eigenvalue weighted by Gasteiger charge is 2.13. The van der Waals surface area contributed by atoms with E-state index in [1.807, 2.05) is 24.3 Å². The Hall–Kier alpha value is -2.17. The summed E-state index contributed by atoms with van der Waals surface area (Å²) in [5, 5.41) is 10.3. The first-order valence-electron chi connectivity index (χ1n) is 8.27. The van der Waals surface area contributed by atoms with Gasteiger partial charge in [-0.3, -0.25) is 9.69 Å². The van der Waals surface area contributed by atoms with Gasteiger partial charge in [0.05, 0.1) is 5.56 Å². The van der Waals surface area contributed by atoms with E-state index >= 15 is 0 Å². The zero-order chi connectivity index (χ0) is 17.4. The molecule has 2 aromatic rings. The van der Waals surface area contributed by atoms with Crippen LogP contribution in [-0.4, -0.2) is 41.6 Å². The Kier molecular flexibility index (Phi) is 6.97. The minimum atomic E-state index is -0.617. The van der Waals surface area contributed by atoms with Gasteiger partial charge in [0.1, 0.15) is 18.5 Å². The summed E-state index contributed by atoms with van der Waals surface area (Å²) < 4.78 is 5.66. The van der Waals surface area contributed by atoms with Gasteiger partial charge in [-0.25, -0.2) is 0 Å². The number of ketones is 1. The number of ether oxygens (including phenoxy) is 1. The van der Waals surface area contributed by atoms with Crippen molar-refractivity contribution in [2.24, 2.45) is 0 Å². The van der Waals surface area contributed by atoms with Crippen molar-refractivity contribution < 1.29 is 14.6 Å². The summed E-state index contributed by atoms with van der Waals surface area (Å²) in [5.41, 5.74) is 1.76. The summed E-state index contributed by atoms with van der Waals surface area (Å²) in [6, 6.07) is 17.3. The van der Waals surface area contributed by atoms with Crippen LogP contribution in [0.15, 0.2) is 54.6 Å². The number of carbonyl (C=O) groups is 1. The number of hydrogen-bond acceptors (Lipinski definition) is 4. The van der Waals surface area contributed by atoms with Crippen molar-refractivity contribution in [2.45, 2.75) is 26.5 Å². The Labute approximate surface area is 143 Å². The van der Waals surface area contributed by atoms with E-state index in [-0.39, 0.29) is 12.4 Å². The van der Waals surface area contributed by atoms with Crippen LogP contribution >= 0.6 is 0 Å². The summed E-state index contributed by atoms with van der Waals surface area (Å²) >= 11 is 0. The predicted molar refractivity (Wildman–Crippen MR) is 95.3 cm³/mol. The number of likely N-dealkylation sites (N-methyl/N-ethyl adjacent to an activating group) is 1. The Morgan fingerprint density at radius 2 is 1.79 bits per heavy atom. The number of aliphatic hydroxyl groups is 1. The lowest BCUT2D eigenvalue weighted by Crippen LogP contribution is -2.35. The molecule has 0 aliphatic heterocycles. The van der Waals surface area contributed by atoms with E-state index in [2.05, 4.69) is 24.0 Å². The fraction of sp³-hybridized carbons (Fsp3) is 0.350. The quantitative estimate of drug-likeness (QED) is 0.719. The number of nitrogens with zero attached hydrogens (tertiary/aromatic N) is 1. The molecule has 128 valence electrons. The smallest absolute Gasteiger partial charge is 0.163 e. The molecule has 0 saturated heterocycles. The Balaban J connectivity index is 1.88. The van der Waals surface area contributed by atoms with Gasteiger partial charge in [0, 0.05) is 13.1 Å². The van der Waals surface area contributed by atoms with Crippen LogP contribution in [0.2, 0.25) is 0 Å². The molecule has 4 heteroatoms. The number of para-hydroxylation sites is 1. The van der Waals surface area contributed by atoms with Crippen LogP contribution in [0.3, 0.4) is 0 Å². The average Bonchev–Trinajstić information content (AvgIpc) is 2.60. The van der Waals surface area contributed by atoms with Gasteiger partial charge in [-0.15, -0.1) is 0 Å². The first-order valence-corrected chi connectivity index (χ1v) is 8.27. The van der Waals surface area contributed by atoms with Gasteiger partial charge < -0.3 is 9.84 Å². The van der Waals surface area contributed by atoms with E-state index < -0.39 is 6.10 Å². The molecule has 0 radical (unpaired) electrons. The zero-order valence-corrected chi connectivity index (χ0v) is 14.3. The second kappa shape index (κ2) is 9.21. The second-order valence-electron chi connectivity index (χ2n) is 5.83. The molecule has 0 aliphatic rings. The summed E-state index contributed by atoms with van der Waals surface area (Å²) in [6.45, 7) is 5.90. The van der Waals surface area contributed by atoms with E-state index in [1.54, 1.807) is 18.2 Å². The largest absolute Gasteiger partial charge is 0.490 e. The maximum Gasteiger partial charge on any atom is 0.163 e. The van der Waals surface area contributed by atoms with Crippen molar-refractivity contribution in [1.82, 2.24) is 4.90 Å². The van der Waals surface area contributed by atoms with Gasteiger partial charge >= 0.3 is 0 Å². The van der Waals surface area contributed by atoms with E-state index in [4.69, 9.17) is 4.74 Å². The Bertz CT molecular complexity index is 642. The predicted octanol–water partition coefficient (Wildman–Crippen LogP) is 3.15. The van der Waals surface area contributed by atoms with Crippen molar-refractivity contribution in [2.75, 3.05) is 19.7 Å². The molecule has 4 nitrogen and oxygen atoms in total. The summed E-state index contributed by atoms with van der Waals surface area (Å²) in [6.07, 6.45) is -0.617. The first-order chi connectivity index (χ1) is 11.6. The van der Waals surface area contributed by atoms with Crippen molar-refractivity contribution in [1.29, 1.82) is 0 Å². The first kappa shape index (κ1) is 18.2. The van der Waals surface area contributed by atoms with Gasteiger partial charge in [-0.05, 0) is 31.2 Å². The highest BCUT2D eigenvalue weighted by Crippen LogP contribution is 2.18. The van der Waals surface area contributed by atoms with Gasteiger partial charge in [0.25, 0.3) is 0 Å². The molecule has 0 saturated carbocycles. The standard InChI is InChI=1S/C20H25NO3/c1-3-21(13-17-9-5-4-6-10-17)14-18(23)15-24-20-12-8-7-11-19(20)16(2)22/h4-12,18,23H,3,13-15H2,1-2H3. The van der Waals surface area contributed by atoms with Gasteiger partial charge in [0.2, 0.25) is 0 Å². The lowest BCUT2D eigenvalue weighted by Gasteiger charge is -2.24. The van der Waals surface area contributed by atoms with Gasteiger partial charge in [-0.2, -0.15) is 0 Å². The van der Waals surface area contributed by atoms with Crippen LogP contribution in [0, 0.1) is 0 Å². The fourth-order valence-electron chi connectivity index (χ4n) is 2.57. The topological polar surface area (TPSA) is 49.8 Å². The molecule has 0 fully saturated rings. The molecule has 1 N–H and O–H groups in total. The van der Waals surface area contributed by atoms with Crippen LogP contribution in [0.5, 0.6) is 5.75 Å². The zero-order valence-electron chi connectivity index (χ0n) is 14.3. The Morgan fingerprint density at radius 1 is 1.12 bits per heavy atom. The SMILES string of the molecule is CCN(Cc1ccccc1)CC(O)COc1ccccc1C(C)=O. The third kappa shape index (κ3) is 5.48. The molecule has 0 bridgehead atoms. The number of carbonyl (C=O) groups excluding carboxylic acids is 1. The number of rotatable bonds is 9. The van der Waals surface area contributed by atoms with Crippen molar-refractivity contribution in [3.8, 4) is 5.75 Å². The molecule has 0 aliphatic carbocycles. The van der Waals surface area contributed by atoms with Crippen molar-refractivity contribution >= 4 is 5.78 Å². The third-order valence-corrected chi connectivity index (χ3v) is 3.86. The van der Waals surface area contributed by atoms with Crippen LogP contribution in [0.25, 0.3) is 0 Å². The lowest BCUT2D eigenvalue weighted by molar-refractivity contribution is 0.0667. The minimum Gasteiger partial charge on any atom is -0.490 e. The molecule has 0 heterocycles. The highest BCUT2D eigenvalue weighted by atomic mass is 16.5. The molecule has 1 atom stereocenters. The summed E-state index contributed by atoms with van der Waals surface area (Å²) in [4.78, 5) is 13.8. The second-order valence-corrected chi connectivity index (χ2v) is 5.83. The van der Waals surface area contributed by atoms with Crippen molar-refractivity contribution in [3.05, 3.63) is 65.7 Å². The normalized spacial score (nSPS) is 12.2. The van der Waals surface area contributed by atoms with E-state index in [0.29, 0.717) is 17.9 Å².